The average Bonchev–Trinajstić information content (AvgIpc) is 2.49. The van der Waals surface area contributed by atoms with E-state index < -0.39 is 17.5 Å². The van der Waals surface area contributed by atoms with Crippen molar-refractivity contribution in [2.75, 3.05) is 6.61 Å². The van der Waals surface area contributed by atoms with E-state index in [2.05, 4.69) is 11.8 Å². The van der Waals surface area contributed by atoms with Gasteiger partial charge in [-0.3, -0.25) is 0 Å². The molecule has 0 atom stereocenters. The Morgan fingerprint density at radius 2 is 1.48 bits per heavy atom. The molecule has 21 heavy (non-hydrogen) atoms. The Morgan fingerprint density at radius 3 is 2.05 bits per heavy atom. The fraction of sp³-hybridized carbons (Fsp3) is 0.176. The van der Waals surface area contributed by atoms with Crippen molar-refractivity contribution < 1.29 is 17.9 Å². The Balaban J connectivity index is 2.15. The molecule has 0 aromatic heterocycles. The first kappa shape index (κ1) is 15.0. The quantitative estimate of drug-likeness (QED) is 0.605. The maximum absolute atomic E-state index is 13.0. The van der Waals surface area contributed by atoms with Crippen LogP contribution in [0.5, 0.6) is 5.75 Å². The fourth-order valence-electron chi connectivity index (χ4n) is 1.63. The molecule has 0 aliphatic carbocycles. The van der Waals surface area contributed by atoms with Crippen molar-refractivity contribution in [1.82, 2.24) is 0 Å². The van der Waals surface area contributed by atoms with Crippen LogP contribution in [0.3, 0.4) is 0 Å². The van der Waals surface area contributed by atoms with E-state index >= 15 is 0 Å². The van der Waals surface area contributed by atoms with Crippen LogP contribution in [-0.2, 0) is 0 Å². The highest BCUT2D eigenvalue weighted by Gasteiger charge is 2.09. The maximum atomic E-state index is 13.0. The van der Waals surface area contributed by atoms with Crippen molar-refractivity contribution in [2.45, 2.75) is 13.3 Å². The van der Waals surface area contributed by atoms with Gasteiger partial charge in [0, 0.05) is 11.1 Å². The van der Waals surface area contributed by atoms with Crippen LogP contribution in [-0.4, -0.2) is 6.61 Å². The minimum atomic E-state index is -1.49. The predicted octanol–water partition coefficient (Wildman–Crippen LogP) is 4.29. The van der Waals surface area contributed by atoms with Crippen molar-refractivity contribution in [3.8, 4) is 17.6 Å². The van der Waals surface area contributed by atoms with Gasteiger partial charge in [-0.1, -0.05) is 18.8 Å². The van der Waals surface area contributed by atoms with Crippen LogP contribution in [0, 0.1) is 29.3 Å². The van der Waals surface area contributed by atoms with Crippen molar-refractivity contribution in [3.05, 3.63) is 65.0 Å². The molecule has 0 saturated heterocycles. The SMILES string of the molecule is CCCOc1ccc(C#Cc2cc(F)c(F)c(F)c2)cc1. The maximum Gasteiger partial charge on any atom is 0.194 e. The lowest BCUT2D eigenvalue weighted by Crippen LogP contribution is -1.94. The highest BCUT2D eigenvalue weighted by Crippen LogP contribution is 2.14. The summed E-state index contributed by atoms with van der Waals surface area (Å²) in [6.07, 6.45) is 0.920. The molecule has 0 radical (unpaired) electrons. The molecule has 2 aromatic rings. The summed E-state index contributed by atoms with van der Waals surface area (Å²) in [7, 11) is 0. The largest absolute Gasteiger partial charge is 0.494 e. The van der Waals surface area contributed by atoms with Crippen molar-refractivity contribution in [2.24, 2.45) is 0 Å². The Hall–Kier alpha value is -2.41. The summed E-state index contributed by atoms with van der Waals surface area (Å²) in [6.45, 7) is 2.65. The number of hydrogen-bond acceptors (Lipinski definition) is 1. The summed E-state index contributed by atoms with van der Waals surface area (Å²) >= 11 is 0. The molecule has 0 aliphatic rings. The van der Waals surface area contributed by atoms with Crippen LogP contribution >= 0.6 is 0 Å². The van der Waals surface area contributed by atoms with Gasteiger partial charge in [0.05, 0.1) is 6.61 Å². The lowest BCUT2D eigenvalue weighted by molar-refractivity contribution is 0.317. The standard InChI is InChI=1S/C17H13F3O/c1-2-9-21-14-7-5-12(6-8-14)3-4-13-10-15(18)17(20)16(19)11-13/h5-8,10-11H,2,9H2,1H3. The third kappa shape index (κ3) is 4.03. The zero-order valence-electron chi connectivity index (χ0n) is 11.4. The molecule has 108 valence electrons. The molecule has 2 aromatic carbocycles. The molecule has 0 aliphatic heterocycles. The number of benzene rings is 2. The summed E-state index contributed by atoms with van der Waals surface area (Å²) in [5.74, 6) is 2.11. The summed E-state index contributed by atoms with van der Waals surface area (Å²) < 4.78 is 44.3. The number of hydrogen-bond donors (Lipinski definition) is 0. The van der Waals surface area contributed by atoms with Gasteiger partial charge in [-0.15, -0.1) is 0 Å². The molecule has 2 rings (SSSR count). The lowest BCUT2D eigenvalue weighted by atomic mass is 10.1. The first-order chi connectivity index (χ1) is 10.1. The number of rotatable bonds is 3. The van der Waals surface area contributed by atoms with Gasteiger partial charge in [0.15, 0.2) is 17.5 Å². The second kappa shape index (κ2) is 6.85. The van der Waals surface area contributed by atoms with Crippen LogP contribution in [0.25, 0.3) is 0 Å². The van der Waals surface area contributed by atoms with Crippen LogP contribution < -0.4 is 4.74 Å². The Morgan fingerprint density at radius 1 is 0.905 bits per heavy atom. The Labute approximate surface area is 121 Å². The number of ether oxygens (including phenoxy) is 1. The number of halogens is 3. The third-order valence-electron chi connectivity index (χ3n) is 2.66. The highest BCUT2D eigenvalue weighted by molar-refractivity contribution is 5.44. The molecule has 0 saturated carbocycles. The zero-order valence-corrected chi connectivity index (χ0v) is 11.4. The van der Waals surface area contributed by atoms with E-state index in [4.69, 9.17) is 4.74 Å². The summed E-state index contributed by atoms with van der Waals surface area (Å²) in [4.78, 5) is 0. The van der Waals surface area contributed by atoms with Crippen LogP contribution in [0.4, 0.5) is 13.2 Å². The average molecular weight is 290 g/mol. The van der Waals surface area contributed by atoms with Gasteiger partial charge in [-0.05, 0) is 42.8 Å². The van der Waals surface area contributed by atoms with Crippen molar-refractivity contribution >= 4 is 0 Å². The minimum absolute atomic E-state index is 0.0812. The molecule has 0 unspecified atom stereocenters. The van der Waals surface area contributed by atoms with E-state index in [1.165, 1.54) is 0 Å². The predicted molar refractivity (Wildman–Crippen MR) is 74.5 cm³/mol. The molecule has 0 bridgehead atoms. The molecule has 4 heteroatoms. The summed E-state index contributed by atoms with van der Waals surface area (Å²) in [6, 6.07) is 8.76. The first-order valence-electron chi connectivity index (χ1n) is 6.49. The van der Waals surface area contributed by atoms with E-state index in [9.17, 15) is 13.2 Å². The second-order valence-corrected chi connectivity index (χ2v) is 4.38. The van der Waals surface area contributed by atoms with Crippen LogP contribution in [0.15, 0.2) is 36.4 Å². The normalized spacial score (nSPS) is 9.90. The van der Waals surface area contributed by atoms with Gasteiger partial charge in [0.2, 0.25) is 0 Å². The molecule has 0 heterocycles. The summed E-state index contributed by atoms with van der Waals surface area (Å²) in [5.41, 5.74) is 0.752. The van der Waals surface area contributed by atoms with Gasteiger partial charge in [0.1, 0.15) is 5.75 Å². The first-order valence-corrected chi connectivity index (χ1v) is 6.49. The lowest BCUT2D eigenvalue weighted by Gasteiger charge is -2.03. The molecule has 0 spiro atoms. The van der Waals surface area contributed by atoms with E-state index in [-0.39, 0.29) is 5.56 Å². The van der Waals surface area contributed by atoms with Crippen molar-refractivity contribution in [1.29, 1.82) is 0 Å². The Bertz CT molecular complexity index is 658. The minimum Gasteiger partial charge on any atom is -0.494 e. The van der Waals surface area contributed by atoms with Gasteiger partial charge >= 0.3 is 0 Å². The molecular weight excluding hydrogens is 277 g/mol. The van der Waals surface area contributed by atoms with E-state index in [0.717, 1.165) is 24.3 Å². The van der Waals surface area contributed by atoms with Gasteiger partial charge in [-0.25, -0.2) is 13.2 Å². The molecule has 0 fully saturated rings. The smallest absolute Gasteiger partial charge is 0.194 e. The molecule has 0 amide bonds. The monoisotopic (exact) mass is 290 g/mol. The fourth-order valence-corrected chi connectivity index (χ4v) is 1.63. The van der Waals surface area contributed by atoms with Gasteiger partial charge in [0.25, 0.3) is 0 Å². The Kier molecular flexibility index (Phi) is 4.89. The molecule has 0 N–H and O–H groups in total. The highest BCUT2D eigenvalue weighted by atomic mass is 19.2. The van der Waals surface area contributed by atoms with E-state index in [0.29, 0.717) is 12.2 Å². The zero-order chi connectivity index (χ0) is 15.2. The van der Waals surface area contributed by atoms with Crippen LogP contribution in [0.2, 0.25) is 0 Å². The summed E-state index contributed by atoms with van der Waals surface area (Å²) in [5, 5.41) is 0. The van der Waals surface area contributed by atoms with Gasteiger partial charge < -0.3 is 4.74 Å². The van der Waals surface area contributed by atoms with Gasteiger partial charge in [-0.2, -0.15) is 0 Å². The van der Waals surface area contributed by atoms with Crippen molar-refractivity contribution in [3.63, 3.8) is 0 Å². The van der Waals surface area contributed by atoms with Crippen LogP contribution in [0.1, 0.15) is 24.5 Å². The van der Waals surface area contributed by atoms with E-state index in [1.807, 2.05) is 6.92 Å². The molecular formula is C17H13F3O. The third-order valence-corrected chi connectivity index (χ3v) is 2.66. The topological polar surface area (TPSA) is 9.23 Å². The van der Waals surface area contributed by atoms with E-state index in [1.54, 1.807) is 24.3 Å². The second-order valence-electron chi connectivity index (χ2n) is 4.38. The molecule has 1 nitrogen and oxygen atoms in total.